The van der Waals surface area contributed by atoms with Crippen molar-refractivity contribution in [3.63, 3.8) is 0 Å². The summed E-state index contributed by atoms with van der Waals surface area (Å²) in [5.41, 5.74) is -0.236. The first-order chi connectivity index (χ1) is 9.40. The fourth-order valence-corrected chi connectivity index (χ4v) is 2.37. The maximum Gasteiger partial charge on any atom is 0.577 e. The molecule has 0 bridgehead atoms. The van der Waals surface area contributed by atoms with Gasteiger partial charge in [0, 0.05) is 20.3 Å². The molecule has 0 saturated carbocycles. The van der Waals surface area contributed by atoms with Crippen LogP contribution in [0.1, 0.15) is 18.9 Å². The van der Waals surface area contributed by atoms with Crippen LogP contribution in [-0.2, 0) is 19.7 Å². The summed E-state index contributed by atoms with van der Waals surface area (Å²) >= 11 is 0. The van der Waals surface area contributed by atoms with Crippen molar-refractivity contribution < 1.29 is 30.8 Å². The van der Waals surface area contributed by atoms with Gasteiger partial charge in [0.1, 0.15) is 0 Å². The second-order valence-electron chi connectivity index (χ2n) is 4.08. The summed E-state index contributed by atoms with van der Waals surface area (Å²) in [6.45, 7) is 1.69. The first kappa shape index (κ1) is 17.1. The van der Waals surface area contributed by atoms with Gasteiger partial charge in [-0.2, -0.15) is 0 Å². The van der Waals surface area contributed by atoms with E-state index in [-0.39, 0.29) is 24.5 Å². The molecule has 0 aromatic heterocycles. The summed E-state index contributed by atoms with van der Waals surface area (Å²) < 4.78 is 67.5. The molecule has 1 atom stereocenters. The van der Waals surface area contributed by atoms with E-state index in [0.717, 1.165) is 0 Å². The molecule has 0 aliphatic rings. The van der Waals surface area contributed by atoms with Crippen LogP contribution in [0.25, 0.3) is 0 Å². The Morgan fingerprint density at radius 3 is 2.20 bits per heavy atom. The summed E-state index contributed by atoms with van der Waals surface area (Å²) in [6, 6.07) is 0.652. The van der Waals surface area contributed by atoms with Gasteiger partial charge in [-0.3, -0.25) is 0 Å². The predicted molar refractivity (Wildman–Crippen MR) is 64.9 cm³/mol. The molecule has 0 aliphatic carbocycles. The molecule has 0 spiro atoms. The van der Waals surface area contributed by atoms with Gasteiger partial charge in [0.2, 0.25) is 0 Å². The highest BCUT2D eigenvalue weighted by Gasteiger charge is 2.21. The van der Waals surface area contributed by atoms with Gasteiger partial charge in [-0.05, 0) is 31.4 Å². The van der Waals surface area contributed by atoms with Gasteiger partial charge in [0.05, 0.1) is 0 Å². The summed E-state index contributed by atoms with van der Waals surface area (Å²) in [6.07, 6.45) is -0.0780. The monoisotopic (exact) mass is 311 g/mol. The Hall–Kier alpha value is -0.963. The zero-order valence-electron chi connectivity index (χ0n) is 11.3. The topological polar surface area (TPSA) is 27.7 Å². The smallest absolute Gasteiger partial charge is 0.375 e. The zero-order valence-corrected chi connectivity index (χ0v) is 12.3. The highest BCUT2D eigenvalue weighted by molar-refractivity contribution is 6.36. The Kier molecular flexibility index (Phi) is 6.60. The van der Waals surface area contributed by atoms with Gasteiger partial charge in [0.25, 0.3) is 0 Å². The molecular formula is C12H15F4O3Si. The van der Waals surface area contributed by atoms with Crippen LogP contribution in [0.2, 0.25) is 0 Å². The lowest BCUT2D eigenvalue weighted by atomic mass is 10.1. The Morgan fingerprint density at radius 1 is 1.05 bits per heavy atom. The van der Waals surface area contributed by atoms with Crippen LogP contribution in [-0.4, -0.2) is 29.9 Å². The van der Waals surface area contributed by atoms with Gasteiger partial charge in [-0.1, -0.05) is 0 Å². The van der Waals surface area contributed by atoms with Crippen molar-refractivity contribution >= 4 is 9.53 Å². The molecule has 0 N–H and O–H groups in total. The quantitative estimate of drug-likeness (QED) is 0.335. The van der Waals surface area contributed by atoms with Gasteiger partial charge >= 0.3 is 9.53 Å². The maximum absolute atomic E-state index is 13.4. The van der Waals surface area contributed by atoms with Crippen molar-refractivity contribution in [1.82, 2.24) is 0 Å². The summed E-state index contributed by atoms with van der Waals surface area (Å²) in [5.74, 6) is -6.39. The molecule has 0 fully saturated rings. The SMILES string of the molecule is CO[Si](OC)OC(C)CCc1cc(F)c(F)c(F)c1F. The average molecular weight is 311 g/mol. The van der Waals surface area contributed by atoms with Crippen LogP contribution < -0.4 is 0 Å². The summed E-state index contributed by atoms with van der Waals surface area (Å²) in [4.78, 5) is 0. The van der Waals surface area contributed by atoms with Crippen LogP contribution in [0.3, 0.4) is 0 Å². The van der Waals surface area contributed by atoms with Crippen LogP contribution in [0.5, 0.6) is 0 Å². The van der Waals surface area contributed by atoms with E-state index in [9.17, 15) is 17.6 Å². The molecule has 0 amide bonds. The number of rotatable bonds is 7. The average Bonchev–Trinajstić information content (AvgIpc) is 2.44. The number of aryl methyl sites for hydroxylation is 1. The Morgan fingerprint density at radius 2 is 1.65 bits per heavy atom. The van der Waals surface area contributed by atoms with E-state index < -0.39 is 32.8 Å². The Bertz CT molecular complexity index is 455. The van der Waals surface area contributed by atoms with Crippen LogP contribution in [0.15, 0.2) is 6.07 Å². The van der Waals surface area contributed by atoms with E-state index in [1.54, 1.807) is 6.92 Å². The fourth-order valence-electron chi connectivity index (χ4n) is 1.57. The van der Waals surface area contributed by atoms with Crippen molar-refractivity contribution in [2.45, 2.75) is 25.9 Å². The highest BCUT2D eigenvalue weighted by Crippen LogP contribution is 2.20. The third-order valence-electron chi connectivity index (χ3n) is 2.63. The first-order valence-electron chi connectivity index (χ1n) is 5.84. The minimum absolute atomic E-state index is 0.00367. The molecule has 0 heterocycles. The van der Waals surface area contributed by atoms with Crippen molar-refractivity contribution in [2.75, 3.05) is 14.2 Å². The second kappa shape index (κ2) is 7.72. The van der Waals surface area contributed by atoms with E-state index in [2.05, 4.69) is 0 Å². The molecule has 1 radical (unpaired) electrons. The van der Waals surface area contributed by atoms with Crippen LogP contribution in [0, 0.1) is 23.3 Å². The number of halogens is 4. The van der Waals surface area contributed by atoms with E-state index in [0.29, 0.717) is 6.07 Å². The molecule has 0 saturated heterocycles. The van der Waals surface area contributed by atoms with Crippen molar-refractivity contribution in [1.29, 1.82) is 0 Å². The number of benzene rings is 1. The van der Waals surface area contributed by atoms with Crippen LogP contribution in [0.4, 0.5) is 17.6 Å². The standard InChI is InChI=1S/C12H15F4O3Si/c1-7(19-20(17-2)18-3)4-5-8-6-9(13)11(15)12(16)10(8)14/h6-7H,4-5H2,1-3H3. The molecule has 1 unspecified atom stereocenters. The fraction of sp³-hybridized carbons (Fsp3) is 0.500. The first-order valence-corrected chi connectivity index (χ1v) is 7.06. The normalized spacial score (nSPS) is 13.0. The Balaban J connectivity index is 2.66. The summed E-state index contributed by atoms with van der Waals surface area (Å²) in [7, 11) is 0.991. The molecule has 3 nitrogen and oxygen atoms in total. The third-order valence-corrected chi connectivity index (χ3v) is 3.89. The highest BCUT2D eigenvalue weighted by atomic mass is 28.3. The maximum atomic E-state index is 13.4. The molecule has 113 valence electrons. The Labute approximate surface area is 116 Å². The van der Waals surface area contributed by atoms with Crippen molar-refractivity contribution in [2.24, 2.45) is 0 Å². The molecule has 1 rings (SSSR count). The molecule has 0 aliphatic heterocycles. The minimum atomic E-state index is -1.86. The van der Waals surface area contributed by atoms with E-state index in [1.807, 2.05) is 0 Å². The molecule has 1 aromatic carbocycles. The summed E-state index contributed by atoms with van der Waals surface area (Å²) in [5, 5.41) is 0. The van der Waals surface area contributed by atoms with Crippen LogP contribution >= 0.6 is 0 Å². The lowest BCUT2D eigenvalue weighted by Gasteiger charge is -2.16. The molecule has 20 heavy (non-hydrogen) atoms. The van der Waals surface area contributed by atoms with Gasteiger partial charge in [0.15, 0.2) is 23.3 Å². The number of hydrogen-bond acceptors (Lipinski definition) is 3. The van der Waals surface area contributed by atoms with Gasteiger partial charge in [-0.15, -0.1) is 0 Å². The van der Waals surface area contributed by atoms with Gasteiger partial charge in [-0.25, -0.2) is 17.6 Å². The lowest BCUT2D eigenvalue weighted by molar-refractivity contribution is 0.0907. The third kappa shape index (κ3) is 4.27. The molecule has 8 heteroatoms. The second-order valence-corrected chi connectivity index (χ2v) is 5.64. The predicted octanol–water partition coefficient (Wildman–Crippen LogP) is 2.86. The van der Waals surface area contributed by atoms with E-state index in [4.69, 9.17) is 13.3 Å². The van der Waals surface area contributed by atoms with E-state index in [1.165, 1.54) is 14.2 Å². The zero-order chi connectivity index (χ0) is 15.3. The molecular weight excluding hydrogens is 296 g/mol. The van der Waals surface area contributed by atoms with E-state index >= 15 is 0 Å². The lowest BCUT2D eigenvalue weighted by Crippen LogP contribution is -2.29. The minimum Gasteiger partial charge on any atom is -0.375 e. The number of hydrogen-bond donors (Lipinski definition) is 0. The largest absolute Gasteiger partial charge is 0.577 e. The molecule has 1 aromatic rings. The van der Waals surface area contributed by atoms with Crippen molar-refractivity contribution in [3.8, 4) is 0 Å². The van der Waals surface area contributed by atoms with Crippen molar-refractivity contribution in [3.05, 3.63) is 34.9 Å². The van der Waals surface area contributed by atoms with Gasteiger partial charge < -0.3 is 13.3 Å².